The first-order valence-corrected chi connectivity index (χ1v) is 10.2. The highest BCUT2D eigenvalue weighted by molar-refractivity contribution is 5.84. The summed E-state index contributed by atoms with van der Waals surface area (Å²) in [6, 6.07) is 4.25. The Labute approximate surface area is 171 Å². The lowest BCUT2D eigenvalue weighted by atomic mass is 10.1. The summed E-state index contributed by atoms with van der Waals surface area (Å²) in [6.45, 7) is 12.6. The van der Waals surface area contributed by atoms with Gasteiger partial charge in [-0.1, -0.05) is 6.42 Å². The van der Waals surface area contributed by atoms with Gasteiger partial charge in [0.1, 0.15) is 11.4 Å². The Morgan fingerprint density at radius 3 is 2.52 bits per heavy atom. The van der Waals surface area contributed by atoms with Crippen LogP contribution in [0.15, 0.2) is 12.1 Å². The molecule has 0 saturated carbocycles. The number of hydrogen-bond acceptors (Lipinski definition) is 6. The fourth-order valence-electron chi connectivity index (χ4n) is 3.32. The van der Waals surface area contributed by atoms with Crippen LogP contribution in [0.5, 0.6) is 0 Å². The molecule has 0 fully saturated rings. The molecule has 3 rings (SSSR count). The van der Waals surface area contributed by atoms with Gasteiger partial charge in [-0.3, -0.25) is 9.20 Å². The van der Waals surface area contributed by atoms with Gasteiger partial charge in [0, 0.05) is 13.0 Å². The van der Waals surface area contributed by atoms with Crippen molar-refractivity contribution in [2.45, 2.75) is 72.8 Å². The van der Waals surface area contributed by atoms with Crippen LogP contribution in [0.4, 0.5) is 5.82 Å². The zero-order valence-corrected chi connectivity index (χ0v) is 18.3. The van der Waals surface area contributed by atoms with Crippen molar-refractivity contribution in [3.05, 3.63) is 29.1 Å². The molecular weight excluding hydrogens is 366 g/mol. The Bertz CT molecular complexity index is 1030. The maximum absolute atomic E-state index is 11.8. The molecule has 7 nitrogen and oxygen atoms in total. The van der Waals surface area contributed by atoms with Gasteiger partial charge in [0.05, 0.1) is 11.0 Å². The standard InChI is InChI=1S/C22H31N5O2/c1-14-12-17-18(13-15(14)2)27-16(3)25-26-21(27)20(24-17)23-11-9-7-8-10-19(28)29-22(4,5)6/h12-13H,7-11H2,1-6H3,(H,23,24). The maximum atomic E-state index is 11.8. The summed E-state index contributed by atoms with van der Waals surface area (Å²) in [5.41, 5.74) is 4.71. The molecule has 0 amide bonds. The molecule has 0 atom stereocenters. The van der Waals surface area contributed by atoms with Gasteiger partial charge < -0.3 is 10.1 Å². The van der Waals surface area contributed by atoms with Crippen molar-refractivity contribution in [3.63, 3.8) is 0 Å². The number of benzene rings is 1. The Morgan fingerprint density at radius 1 is 1.07 bits per heavy atom. The van der Waals surface area contributed by atoms with Crippen molar-refractivity contribution in [2.24, 2.45) is 0 Å². The second kappa shape index (κ2) is 8.35. The highest BCUT2D eigenvalue weighted by atomic mass is 16.6. The van der Waals surface area contributed by atoms with Crippen LogP contribution in [0.2, 0.25) is 0 Å². The van der Waals surface area contributed by atoms with Gasteiger partial charge in [0.15, 0.2) is 5.82 Å². The molecular formula is C22H31N5O2. The summed E-state index contributed by atoms with van der Waals surface area (Å²) < 4.78 is 7.40. The number of esters is 1. The minimum Gasteiger partial charge on any atom is -0.460 e. The minimum atomic E-state index is -0.418. The van der Waals surface area contributed by atoms with Gasteiger partial charge in [-0.25, -0.2) is 4.98 Å². The highest BCUT2D eigenvalue weighted by Crippen LogP contribution is 2.24. The molecule has 1 N–H and O–H groups in total. The molecule has 0 aliphatic heterocycles. The SMILES string of the molecule is Cc1cc2nc(NCCCCCC(=O)OC(C)(C)C)c3nnc(C)n3c2cc1C. The molecule has 0 saturated heterocycles. The second-order valence-corrected chi connectivity index (χ2v) is 8.62. The molecule has 7 heteroatoms. The number of aromatic nitrogens is 4. The number of carbonyl (C=O) groups excluding carboxylic acids is 1. The summed E-state index contributed by atoms with van der Waals surface area (Å²) in [4.78, 5) is 16.6. The molecule has 0 spiro atoms. The average molecular weight is 398 g/mol. The van der Waals surface area contributed by atoms with Gasteiger partial charge in [0.2, 0.25) is 5.65 Å². The van der Waals surface area contributed by atoms with E-state index in [1.807, 2.05) is 27.7 Å². The van der Waals surface area contributed by atoms with Crippen LogP contribution in [0.3, 0.4) is 0 Å². The molecule has 0 unspecified atom stereocenters. The molecule has 0 aliphatic carbocycles. The van der Waals surface area contributed by atoms with E-state index in [1.54, 1.807) is 0 Å². The maximum Gasteiger partial charge on any atom is 0.306 e. The number of ether oxygens (including phenoxy) is 1. The Morgan fingerprint density at radius 2 is 1.79 bits per heavy atom. The number of fused-ring (bicyclic) bond motifs is 3. The van der Waals surface area contributed by atoms with Crippen LogP contribution in [0.1, 0.15) is 63.4 Å². The predicted octanol–water partition coefficient (Wildman–Crippen LogP) is 4.52. The van der Waals surface area contributed by atoms with E-state index < -0.39 is 5.60 Å². The monoisotopic (exact) mass is 397 g/mol. The summed E-state index contributed by atoms with van der Waals surface area (Å²) in [5, 5.41) is 12.0. The van der Waals surface area contributed by atoms with Gasteiger partial charge in [0.25, 0.3) is 0 Å². The quantitative estimate of drug-likeness (QED) is 0.466. The number of carbonyl (C=O) groups is 1. The van der Waals surface area contributed by atoms with Crippen LogP contribution >= 0.6 is 0 Å². The van der Waals surface area contributed by atoms with Crippen molar-refractivity contribution in [1.82, 2.24) is 19.6 Å². The van der Waals surface area contributed by atoms with E-state index in [0.29, 0.717) is 6.42 Å². The van der Waals surface area contributed by atoms with Crippen molar-refractivity contribution in [2.75, 3.05) is 11.9 Å². The van der Waals surface area contributed by atoms with E-state index in [2.05, 4.69) is 45.9 Å². The third-order valence-corrected chi connectivity index (χ3v) is 4.87. The van der Waals surface area contributed by atoms with Crippen LogP contribution in [0, 0.1) is 20.8 Å². The number of aryl methyl sites for hydroxylation is 3. The molecule has 2 aromatic heterocycles. The number of unbranched alkanes of at least 4 members (excludes halogenated alkanes) is 2. The molecule has 2 heterocycles. The molecule has 0 radical (unpaired) electrons. The lowest BCUT2D eigenvalue weighted by Gasteiger charge is -2.19. The minimum absolute atomic E-state index is 0.132. The molecule has 156 valence electrons. The summed E-state index contributed by atoms with van der Waals surface area (Å²) >= 11 is 0. The molecule has 1 aromatic carbocycles. The first kappa shape index (κ1) is 21.0. The van der Waals surface area contributed by atoms with Crippen molar-refractivity contribution in [3.8, 4) is 0 Å². The van der Waals surface area contributed by atoms with Crippen LogP contribution < -0.4 is 5.32 Å². The fraction of sp³-hybridized carbons (Fsp3) is 0.545. The first-order chi connectivity index (χ1) is 13.7. The van der Waals surface area contributed by atoms with Crippen molar-refractivity contribution >= 4 is 28.5 Å². The van der Waals surface area contributed by atoms with Gasteiger partial charge in [-0.15, -0.1) is 10.2 Å². The normalized spacial score (nSPS) is 11.9. The number of hydrogen-bond donors (Lipinski definition) is 1. The smallest absolute Gasteiger partial charge is 0.306 e. The van der Waals surface area contributed by atoms with E-state index in [1.165, 1.54) is 11.1 Å². The fourth-order valence-corrected chi connectivity index (χ4v) is 3.32. The van der Waals surface area contributed by atoms with Crippen molar-refractivity contribution < 1.29 is 9.53 Å². The number of nitrogens with zero attached hydrogens (tertiary/aromatic N) is 4. The molecule has 29 heavy (non-hydrogen) atoms. The third kappa shape index (κ3) is 5.02. The van der Waals surface area contributed by atoms with E-state index in [-0.39, 0.29) is 5.97 Å². The van der Waals surface area contributed by atoms with Gasteiger partial charge in [-0.05, 0) is 77.6 Å². The van der Waals surface area contributed by atoms with Gasteiger partial charge in [-0.2, -0.15) is 0 Å². The summed E-state index contributed by atoms with van der Waals surface area (Å²) in [7, 11) is 0. The second-order valence-electron chi connectivity index (χ2n) is 8.62. The number of nitrogens with one attached hydrogen (secondary N) is 1. The molecule has 3 aromatic rings. The summed E-state index contributed by atoms with van der Waals surface area (Å²) in [6.07, 6.45) is 3.16. The summed E-state index contributed by atoms with van der Waals surface area (Å²) in [5.74, 6) is 1.46. The lowest BCUT2D eigenvalue weighted by molar-refractivity contribution is -0.154. The Balaban J connectivity index is 1.63. The Kier molecular flexibility index (Phi) is 6.05. The molecule has 0 bridgehead atoms. The van der Waals surface area contributed by atoms with Crippen LogP contribution in [-0.2, 0) is 9.53 Å². The number of anilines is 1. The predicted molar refractivity (Wildman–Crippen MR) is 115 cm³/mol. The van der Waals surface area contributed by atoms with E-state index in [9.17, 15) is 4.79 Å². The lowest BCUT2D eigenvalue weighted by Crippen LogP contribution is -2.23. The largest absolute Gasteiger partial charge is 0.460 e. The first-order valence-electron chi connectivity index (χ1n) is 10.2. The highest BCUT2D eigenvalue weighted by Gasteiger charge is 2.16. The van der Waals surface area contributed by atoms with Gasteiger partial charge >= 0.3 is 5.97 Å². The topological polar surface area (TPSA) is 81.4 Å². The van der Waals surface area contributed by atoms with Crippen LogP contribution in [0.25, 0.3) is 16.7 Å². The van der Waals surface area contributed by atoms with Crippen molar-refractivity contribution in [1.29, 1.82) is 0 Å². The van der Waals surface area contributed by atoms with E-state index in [0.717, 1.165) is 54.1 Å². The zero-order valence-electron chi connectivity index (χ0n) is 18.3. The third-order valence-electron chi connectivity index (χ3n) is 4.87. The number of rotatable bonds is 7. The van der Waals surface area contributed by atoms with E-state index in [4.69, 9.17) is 9.72 Å². The Hall–Kier alpha value is -2.70. The average Bonchev–Trinajstić information content (AvgIpc) is 3.00. The molecule has 0 aliphatic rings. The zero-order chi connectivity index (χ0) is 21.2. The van der Waals surface area contributed by atoms with E-state index >= 15 is 0 Å². The van der Waals surface area contributed by atoms with Crippen LogP contribution in [-0.4, -0.2) is 37.7 Å².